The van der Waals surface area contributed by atoms with E-state index in [-0.39, 0.29) is 35.7 Å². The van der Waals surface area contributed by atoms with E-state index in [1.54, 1.807) is 28.2 Å². The lowest BCUT2D eigenvalue weighted by Crippen LogP contribution is -2.45. The first kappa shape index (κ1) is 19.4. The van der Waals surface area contributed by atoms with Gasteiger partial charge in [0, 0.05) is 19.4 Å². The van der Waals surface area contributed by atoms with Crippen molar-refractivity contribution in [2.75, 3.05) is 30.3 Å². The van der Waals surface area contributed by atoms with Crippen molar-refractivity contribution in [1.82, 2.24) is 9.88 Å². The molecule has 1 aromatic heterocycles. The van der Waals surface area contributed by atoms with Crippen LogP contribution in [0.15, 0.2) is 52.6 Å². The van der Waals surface area contributed by atoms with Gasteiger partial charge in [-0.15, -0.1) is 4.40 Å². The van der Waals surface area contributed by atoms with Crippen LogP contribution < -0.4 is 4.90 Å². The van der Waals surface area contributed by atoms with Crippen molar-refractivity contribution in [3.05, 3.63) is 48.2 Å². The number of aromatic nitrogens is 1. The summed E-state index contributed by atoms with van der Waals surface area (Å²) in [5.74, 6) is -0.221. The molecule has 0 aliphatic carbocycles. The highest BCUT2D eigenvalue weighted by Gasteiger charge is 2.34. The van der Waals surface area contributed by atoms with Crippen molar-refractivity contribution in [3.63, 3.8) is 0 Å². The largest absolute Gasteiger partial charge is 0.376 e. The summed E-state index contributed by atoms with van der Waals surface area (Å²) >= 11 is 1.43. The monoisotopic (exact) mass is 444 g/mol. The van der Waals surface area contributed by atoms with Crippen LogP contribution in [0.4, 0.5) is 5.13 Å². The molecule has 1 aromatic carbocycles. The summed E-state index contributed by atoms with van der Waals surface area (Å²) in [5.41, 5.74) is 1.07. The second-order valence-electron chi connectivity index (χ2n) is 7.33. The van der Waals surface area contributed by atoms with Crippen LogP contribution in [0.2, 0.25) is 0 Å². The van der Waals surface area contributed by atoms with Gasteiger partial charge in [-0.3, -0.25) is 9.69 Å². The van der Waals surface area contributed by atoms with E-state index >= 15 is 0 Å². The van der Waals surface area contributed by atoms with Crippen LogP contribution in [0.25, 0.3) is 10.2 Å². The first-order valence-electron chi connectivity index (χ1n) is 9.77. The summed E-state index contributed by atoms with van der Waals surface area (Å²) < 4.78 is 34.8. The number of nitrogens with zero attached hydrogens (tertiary/aromatic N) is 4. The Balaban J connectivity index is 1.54. The fourth-order valence-corrected chi connectivity index (χ4v) is 5.70. The van der Waals surface area contributed by atoms with Crippen LogP contribution in [0.1, 0.15) is 12.8 Å². The Bertz CT molecular complexity index is 1160. The predicted octanol–water partition coefficient (Wildman–Crippen LogP) is 2.31. The minimum Gasteiger partial charge on any atom is -0.376 e. The van der Waals surface area contributed by atoms with Gasteiger partial charge in [-0.2, -0.15) is 0 Å². The number of para-hydroxylation sites is 1. The summed E-state index contributed by atoms with van der Waals surface area (Å²) in [6, 6.07) is 7.72. The molecular weight excluding hydrogens is 424 g/mol. The summed E-state index contributed by atoms with van der Waals surface area (Å²) in [6.07, 6.45) is 6.85. The van der Waals surface area contributed by atoms with Crippen molar-refractivity contribution in [1.29, 1.82) is 0 Å². The molecule has 1 atom stereocenters. The molecule has 0 bridgehead atoms. The number of allylic oxidation sites excluding steroid dienone is 2. The van der Waals surface area contributed by atoms with Crippen LogP contribution in [0.5, 0.6) is 0 Å². The topological polar surface area (TPSA) is 92.2 Å². The third-order valence-electron chi connectivity index (χ3n) is 5.26. The fourth-order valence-electron chi connectivity index (χ4n) is 3.74. The van der Waals surface area contributed by atoms with E-state index < -0.39 is 10.0 Å². The van der Waals surface area contributed by atoms with Crippen LogP contribution in [-0.2, 0) is 19.6 Å². The van der Waals surface area contributed by atoms with E-state index in [9.17, 15) is 13.2 Å². The maximum atomic E-state index is 13.7. The summed E-state index contributed by atoms with van der Waals surface area (Å²) in [7, 11) is -3.59. The van der Waals surface area contributed by atoms with Crippen LogP contribution in [0, 0.1) is 0 Å². The van der Waals surface area contributed by atoms with Crippen molar-refractivity contribution < 1.29 is 17.9 Å². The molecule has 4 heterocycles. The average molecular weight is 445 g/mol. The zero-order valence-corrected chi connectivity index (χ0v) is 17.7. The van der Waals surface area contributed by atoms with Gasteiger partial charge in [0.25, 0.3) is 15.9 Å². The minimum absolute atomic E-state index is 0.0696. The fraction of sp³-hybridized carbons (Fsp3) is 0.350. The highest BCUT2D eigenvalue weighted by Crippen LogP contribution is 2.31. The normalized spacial score (nSPS) is 22.5. The number of anilines is 1. The molecule has 1 saturated heterocycles. The quantitative estimate of drug-likeness (QED) is 0.719. The molecule has 8 nitrogen and oxygen atoms in total. The van der Waals surface area contributed by atoms with Crippen LogP contribution >= 0.6 is 11.3 Å². The Morgan fingerprint density at radius 1 is 1.33 bits per heavy atom. The lowest BCUT2D eigenvalue weighted by Gasteiger charge is -2.31. The number of ether oxygens (including phenoxy) is 1. The van der Waals surface area contributed by atoms with Gasteiger partial charge in [-0.05, 0) is 37.1 Å². The van der Waals surface area contributed by atoms with Gasteiger partial charge in [-0.25, -0.2) is 13.4 Å². The van der Waals surface area contributed by atoms with E-state index in [1.807, 2.05) is 24.3 Å². The number of sulfonamides is 1. The third-order valence-corrected chi connectivity index (χ3v) is 7.47. The number of amidine groups is 1. The van der Waals surface area contributed by atoms with Gasteiger partial charge in [0.15, 0.2) is 11.0 Å². The van der Waals surface area contributed by atoms with E-state index in [2.05, 4.69) is 9.38 Å². The number of fused-ring (bicyclic) bond motifs is 2. The van der Waals surface area contributed by atoms with E-state index in [1.165, 1.54) is 11.3 Å². The van der Waals surface area contributed by atoms with Gasteiger partial charge >= 0.3 is 0 Å². The highest BCUT2D eigenvalue weighted by atomic mass is 32.2. The number of hydrogen-bond acceptors (Lipinski definition) is 7. The molecule has 0 saturated carbocycles. The molecule has 3 aliphatic heterocycles. The molecule has 1 unspecified atom stereocenters. The molecule has 5 rings (SSSR count). The highest BCUT2D eigenvalue weighted by molar-refractivity contribution is 7.90. The summed E-state index contributed by atoms with van der Waals surface area (Å²) in [6.45, 7) is 1.31. The third kappa shape index (κ3) is 3.66. The molecule has 30 heavy (non-hydrogen) atoms. The SMILES string of the molecule is O=C(C1=CC=CN2CCS(=O)(=O)N=C12)N(CC1CCCO1)c1nc2ccccc2s1. The number of thiazole rings is 1. The Labute approximate surface area is 178 Å². The second-order valence-corrected chi connectivity index (χ2v) is 10.1. The van der Waals surface area contributed by atoms with E-state index in [0.29, 0.717) is 18.3 Å². The zero-order chi connectivity index (χ0) is 20.7. The van der Waals surface area contributed by atoms with Crippen molar-refractivity contribution >= 4 is 48.5 Å². The molecule has 10 heteroatoms. The van der Waals surface area contributed by atoms with Crippen LogP contribution in [-0.4, -0.2) is 61.6 Å². The first-order chi connectivity index (χ1) is 14.5. The molecule has 0 radical (unpaired) electrons. The standard InChI is InChI=1S/C20H20N4O4S2/c25-19(15-6-3-9-23-10-12-30(26,27)22-18(15)23)24(13-14-5-4-11-28-14)20-21-16-7-1-2-8-17(16)29-20/h1-3,6-9,14H,4-5,10-13H2. The molecule has 2 aromatic rings. The summed E-state index contributed by atoms with van der Waals surface area (Å²) in [4.78, 5) is 21.6. The Hall–Kier alpha value is -2.56. The lowest BCUT2D eigenvalue weighted by molar-refractivity contribution is -0.115. The average Bonchev–Trinajstić information content (AvgIpc) is 3.39. The van der Waals surface area contributed by atoms with E-state index in [4.69, 9.17) is 4.74 Å². The van der Waals surface area contributed by atoms with Crippen LogP contribution in [0.3, 0.4) is 0 Å². The first-order valence-corrected chi connectivity index (χ1v) is 12.2. The molecule has 1 amide bonds. The molecule has 156 valence electrons. The molecule has 3 aliphatic rings. The smallest absolute Gasteiger partial charge is 0.263 e. The van der Waals surface area contributed by atoms with Gasteiger partial charge in [0.2, 0.25) is 0 Å². The van der Waals surface area contributed by atoms with E-state index in [0.717, 1.165) is 23.1 Å². The predicted molar refractivity (Wildman–Crippen MR) is 116 cm³/mol. The van der Waals surface area contributed by atoms with Crippen molar-refractivity contribution in [3.8, 4) is 0 Å². The Kier molecular flexibility index (Phi) is 4.92. The van der Waals surface area contributed by atoms with Gasteiger partial charge in [-0.1, -0.05) is 23.5 Å². The molecule has 0 N–H and O–H groups in total. The number of carbonyl (C=O) groups excluding carboxylic acids is 1. The maximum absolute atomic E-state index is 13.7. The summed E-state index contributed by atoms with van der Waals surface area (Å²) in [5, 5.41) is 0.568. The molecular formula is C20H20N4O4S2. The number of carbonyl (C=O) groups is 1. The minimum atomic E-state index is -3.59. The number of hydrogen-bond donors (Lipinski definition) is 0. The number of amides is 1. The number of rotatable bonds is 4. The van der Waals surface area contributed by atoms with Gasteiger partial charge < -0.3 is 9.64 Å². The van der Waals surface area contributed by atoms with Gasteiger partial charge in [0.1, 0.15) is 0 Å². The number of benzene rings is 1. The molecule has 1 fully saturated rings. The molecule has 0 spiro atoms. The van der Waals surface area contributed by atoms with Gasteiger partial charge in [0.05, 0.1) is 34.2 Å². The Morgan fingerprint density at radius 2 is 2.20 bits per heavy atom. The second kappa shape index (κ2) is 7.60. The lowest BCUT2D eigenvalue weighted by atomic mass is 10.1. The zero-order valence-electron chi connectivity index (χ0n) is 16.1. The van der Waals surface area contributed by atoms with Crippen molar-refractivity contribution in [2.24, 2.45) is 4.40 Å². The Morgan fingerprint density at radius 3 is 3.00 bits per heavy atom. The van der Waals surface area contributed by atoms with Crippen molar-refractivity contribution in [2.45, 2.75) is 18.9 Å². The maximum Gasteiger partial charge on any atom is 0.263 e.